The van der Waals surface area contributed by atoms with Gasteiger partial charge in [0, 0.05) is 6.42 Å². The molecule has 6 heteroatoms. The minimum atomic E-state index is -0.988. The maximum Gasteiger partial charge on any atom is 0.333 e. The van der Waals surface area contributed by atoms with E-state index in [1.165, 1.54) is 12.1 Å². The first kappa shape index (κ1) is 19.7. The highest BCUT2D eigenvalue weighted by Crippen LogP contribution is 2.17. The number of carboxylic acids is 1. The number of hydrogen-bond acceptors (Lipinski definition) is 4. The zero-order valence-electron chi connectivity index (χ0n) is 14.9. The maximum atomic E-state index is 12.8. The molecule has 5 nitrogen and oxygen atoms in total. The fourth-order valence-corrected chi connectivity index (χ4v) is 2.35. The van der Waals surface area contributed by atoms with E-state index in [0.29, 0.717) is 24.7 Å². The van der Waals surface area contributed by atoms with Crippen LogP contribution in [-0.2, 0) is 16.0 Å². The van der Waals surface area contributed by atoms with Gasteiger partial charge < -0.3 is 19.3 Å². The van der Waals surface area contributed by atoms with Crippen LogP contribution in [0.3, 0.4) is 0 Å². The van der Waals surface area contributed by atoms with Crippen molar-refractivity contribution in [2.45, 2.75) is 32.5 Å². The summed E-state index contributed by atoms with van der Waals surface area (Å²) in [6.45, 7) is 4.23. The van der Waals surface area contributed by atoms with Crippen molar-refractivity contribution in [3.63, 3.8) is 0 Å². The molecule has 1 unspecified atom stereocenters. The van der Waals surface area contributed by atoms with Gasteiger partial charge in [0.15, 0.2) is 6.10 Å². The average Bonchev–Trinajstić information content (AvgIpc) is 2.59. The highest BCUT2D eigenvalue weighted by molar-refractivity contribution is 5.72. The second kappa shape index (κ2) is 9.77. The van der Waals surface area contributed by atoms with Gasteiger partial charge in [-0.15, -0.1) is 0 Å². The van der Waals surface area contributed by atoms with Crippen LogP contribution >= 0.6 is 0 Å². The molecule has 0 aliphatic heterocycles. The summed E-state index contributed by atoms with van der Waals surface area (Å²) in [6.07, 6.45) is -0.803. The number of benzene rings is 2. The summed E-state index contributed by atoms with van der Waals surface area (Å²) in [7, 11) is 0. The van der Waals surface area contributed by atoms with Crippen molar-refractivity contribution in [3.8, 4) is 11.5 Å². The largest absolute Gasteiger partial charge is 0.490 e. The van der Waals surface area contributed by atoms with Crippen molar-refractivity contribution in [3.05, 3.63) is 59.9 Å². The van der Waals surface area contributed by atoms with Gasteiger partial charge in [-0.2, -0.15) is 0 Å². The molecule has 1 atom stereocenters. The van der Waals surface area contributed by atoms with Crippen molar-refractivity contribution in [1.29, 1.82) is 0 Å². The Morgan fingerprint density at radius 3 is 2.31 bits per heavy atom. The molecule has 0 aromatic heterocycles. The third-order valence-electron chi connectivity index (χ3n) is 3.47. The van der Waals surface area contributed by atoms with E-state index in [2.05, 4.69) is 0 Å². The van der Waals surface area contributed by atoms with Gasteiger partial charge in [0.25, 0.3) is 0 Å². The first-order chi connectivity index (χ1) is 12.4. The van der Waals surface area contributed by atoms with Gasteiger partial charge in [-0.25, -0.2) is 9.18 Å². The van der Waals surface area contributed by atoms with E-state index in [1.54, 1.807) is 44.2 Å². The lowest BCUT2D eigenvalue weighted by Gasteiger charge is -2.17. The van der Waals surface area contributed by atoms with Crippen LogP contribution in [0.4, 0.5) is 4.39 Å². The summed E-state index contributed by atoms with van der Waals surface area (Å²) in [6, 6.07) is 13.0. The Morgan fingerprint density at radius 2 is 1.69 bits per heavy atom. The molecule has 0 heterocycles. The van der Waals surface area contributed by atoms with Gasteiger partial charge in [0.05, 0.1) is 6.10 Å². The number of rotatable bonds is 10. The molecule has 2 aromatic rings. The number of carboxylic acid groups (broad SMARTS) is 1. The number of ether oxygens (including phenoxy) is 3. The summed E-state index contributed by atoms with van der Waals surface area (Å²) in [5, 5.41) is 9.26. The quantitative estimate of drug-likeness (QED) is 0.653. The van der Waals surface area contributed by atoms with E-state index in [-0.39, 0.29) is 18.3 Å². The molecule has 0 saturated carbocycles. The number of carbonyl (C=O) groups is 1. The van der Waals surface area contributed by atoms with Crippen LogP contribution < -0.4 is 9.47 Å². The molecule has 1 N–H and O–H groups in total. The molecule has 0 bridgehead atoms. The SMILES string of the molecule is CC(C)OC(Cc1cccc(OCCOc2ccc(F)cc2)c1)C(=O)O. The van der Waals surface area contributed by atoms with Crippen LogP contribution in [0.15, 0.2) is 48.5 Å². The van der Waals surface area contributed by atoms with Crippen LogP contribution in [-0.4, -0.2) is 36.5 Å². The van der Waals surface area contributed by atoms with Gasteiger partial charge in [0.2, 0.25) is 0 Å². The summed E-state index contributed by atoms with van der Waals surface area (Å²) in [5.41, 5.74) is 0.815. The van der Waals surface area contributed by atoms with E-state index in [0.717, 1.165) is 5.56 Å². The van der Waals surface area contributed by atoms with Crippen molar-refractivity contribution < 1.29 is 28.5 Å². The van der Waals surface area contributed by atoms with Crippen LogP contribution in [0.5, 0.6) is 11.5 Å². The topological polar surface area (TPSA) is 65.0 Å². The van der Waals surface area contributed by atoms with Crippen molar-refractivity contribution >= 4 is 5.97 Å². The summed E-state index contributed by atoms with van der Waals surface area (Å²) < 4.78 is 29.3. The normalized spacial score (nSPS) is 12.0. The number of hydrogen-bond donors (Lipinski definition) is 1. The van der Waals surface area contributed by atoms with Gasteiger partial charge in [-0.05, 0) is 55.8 Å². The Kier molecular flexibility index (Phi) is 7.41. The molecule has 0 fully saturated rings. The minimum Gasteiger partial charge on any atom is -0.490 e. The highest BCUT2D eigenvalue weighted by atomic mass is 19.1. The molecule has 0 radical (unpaired) electrons. The molecule has 2 rings (SSSR count). The molecule has 0 aliphatic rings. The first-order valence-electron chi connectivity index (χ1n) is 8.42. The van der Waals surface area contributed by atoms with Gasteiger partial charge in [-0.1, -0.05) is 12.1 Å². The Bertz CT molecular complexity index is 700. The molecule has 0 amide bonds. The molecule has 2 aromatic carbocycles. The van der Waals surface area contributed by atoms with Crippen LogP contribution in [0.2, 0.25) is 0 Å². The number of halogens is 1. The molecule has 0 aliphatic carbocycles. The molecule has 0 saturated heterocycles. The fourth-order valence-electron chi connectivity index (χ4n) is 2.35. The van der Waals surface area contributed by atoms with Gasteiger partial charge in [0.1, 0.15) is 30.5 Å². The standard InChI is InChI=1S/C20H23FO5/c1-14(2)26-19(20(22)23)13-15-4-3-5-18(12-15)25-11-10-24-17-8-6-16(21)7-9-17/h3-9,12,14,19H,10-11,13H2,1-2H3,(H,22,23). The van der Waals surface area contributed by atoms with E-state index in [9.17, 15) is 14.3 Å². The Labute approximate surface area is 152 Å². The predicted molar refractivity (Wildman–Crippen MR) is 95.2 cm³/mol. The Balaban J connectivity index is 1.84. The summed E-state index contributed by atoms with van der Waals surface area (Å²) in [4.78, 5) is 11.3. The van der Waals surface area contributed by atoms with Crippen LogP contribution in [0.25, 0.3) is 0 Å². The van der Waals surface area contributed by atoms with Crippen LogP contribution in [0.1, 0.15) is 19.4 Å². The molecular weight excluding hydrogens is 339 g/mol. The van der Waals surface area contributed by atoms with E-state index in [1.807, 2.05) is 6.07 Å². The Morgan fingerprint density at radius 1 is 1.04 bits per heavy atom. The van der Waals surface area contributed by atoms with Gasteiger partial charge >= 0.3 is 5.97 Å². The lowest BCUT2D eigenvalue weighted by molar-refractivity contribution is -0.153. The molecule has 0 spiro atoms. The lowest BCUT2D eigenvalue weighted by atomic mass is 10.1. The number of aliphatic carboxylic acids is 1. The first-order valence-corrected chi connectivity index (χ1v) is 8.42. The molecule has 26 heavy (non-hydrogen) atoms. The average molecular weight is 362 g/mol. The molecule has 140 valence electrons. The summed E-state index contributed by atoms with van der Waals surface area (Å²) >= 11 is 0. The second-order valence-corrected chi connectivity index (χ2v) is 6.01. The van der Waals surface area contributed by atoms with Crippen molar-refractivity contribution in [2.24, 2.45) is 0 Å². The third kappa shape index (κ3) is 6.72. The van der Waals surface area contributed by atoms with Crippen LogP contribution in [0, 0.1) is 5.82 Å². The maximum absolute atomic E-state index is 12.8. The second-order valence-electron chi connectivity index (χ2n) is 6.01. The third-order valence-corrected chi connectivity index (χ3v) is 3.47. The van der Waals surface area contributed by atoms with Crippen molar-refractivity contribution in [1.82, 2.24) is 0 Å². The minimum absolute atomic E-state index is 0.167. The monoisotopic (exact) mass is 362 g/mol. The van der Waals surface area contributed by atoms with Gasteiger partial charge in [-0.3, -0.25) is 0 Å². The predicted octanol–water partition coefficient (Wildman–Crippen LogP) is 3.70. The summed E-state index contributed by atoms with van der Waals surface area (Å²) in [5.74, 6) is -0.109. The zero-order chi connectivity index (χ0) is 18.9. The smallest absolute Gasteiger partial charge is 0.333 e. The fraction of sp³-hybridized carbons (Fsp3) is 0.350. The van der Waals surface area contributed by atoms with E-state index >= 15 is 0 Å². The highest BCUT2D eigenvalue weighted by Gasteiger charge is 2.20. The lowest BCUT2D eigenvalue weighted by Crippen LogP contribution is -2.29. The zero-order valence-corrected chi connectivity index (χ0v) is 14.9. The Hall–Kier alpha value is -2.60. The van der Waals surface area contributed by atoms with E-state index in [4.69, 9.17) is 14.2 Å². The van der Waals surface area contributed by atoms with E-state index < -0.39 is 12.1 Å². The van der Waals surface area contributed by atoms with Crippen molar-refractivity contribution in [2.75, 3.05) is 13.2 Å². The molecular formula is C20H23FO5.